The van der Waals surface area contributed by atoms with Gasteiger partial charge in [-0.15, -0.1) is 0 Å². The van der Waals surface area contributed by atoms with E-state index in [0.29, 0.717) is 5.57 Å². The molecule has 26 heavy (non-hydrogen) atoms. The van der Waals surface area contributed by atoms with Crippen molar-refractivity contribution in [2.24, 2.45) is 5.92 Å². The van der Waals surface area contributed by atoms with E-state index < -0.39 is 0 Å². The lowest BCUT2D eigenvalue weighted by Crippen LogP contribution is -2.41. The number of hydrogen-bond acceptors (Lipinski definition) is 4. The van der Waals surface area contributed by atoms with Crippen LogP contribution in [-0.4, -0.2) is 35.6 Å². The highest BCUT2D eigenvalue weighted by Gasteiger charge is 2.42. The second kappa shape index (κ2) is 5.66. The molecule has 5 rings (SSSR count). The molecule has 0 bridgehead atoms. The molecule has 1 aromatic heterocycles. The number of para-hydroxylation sites is 1. The van der Waals surface area contributed by atoms with Gasteiger partial charge in [-0.05, 0) is 37.0 Å². The maximum atomic E-state index is 12.3. The lowest BCUT2D eigenvalue weighted by Gasteiger charge is -2.44. The molecule has 3 atom stereocenters. The van der Waals surface area contributed by atoms with Gasteiger partial charge in [0.2, 0.25) is 0 Å². The topological polar surface area (TPSA) is 54.6 Å². The highest BCUT2D eigenvalue weighted by atomic mass is 16.5. The van der Waals surface area contributed by atoms with Gasteiger partial charge >= 0.3 is 5.97 Å². The zero-order valence-electron chi connectivity index (χ0n) is 15.0. The molecule has 5 nitrogen and oxygen atoms in total. The van der Waals surface area contributed by atoms with E-state index in [4.69, 9.17) is 9.47 Å². The molecule has 4 heterocycles. The molecule has 0 spiro atoms. The quantitative estimate of drug-likeness (QED) is 0.801. The van der Waals surface area contributed by atoms with Crippen LogP contribution in [0, 0.1) is 5.92 Å². The summed E-state index contributed by atoms with van der Waals surface area (Å²) in [5, 5.41) is 1.32. The minimum Gasteiger partial charge on any atom is -0.493 e. The van der Waals surface area contributed by atoms with Crippen molar-refractivity contribution in [1.82, 2.24) is 9.88 Å². The van der Waals surface area contributed by atoms with Crippen LogP contribution < -0.4 is 0 Å². The van der Waals surface area contributed by atoms with Crippen molar-refractivity contribution < 1.29 is 14.3 Å². The smallest absolute Gasteiger partial charge is 0.337 e. The fourth-order valence-corrected chi connectivity index (χ4v) is 4.72. The van der Waals surface area contributed by atoms with Crippen LogP contribution in [0.1, 0.15) is 30.6 Å². The van der Waals surface area contributed by atoms with E-state index in [0.717, 1.165) is 19.4 Å². The molecule has 0 aliphatic carbocycles. The normalized spacial score (nSPS) is 26.8. The predicted octanol–water partition coefficient (Wildman–Crippen LogP) is 3.45. The van der Waals surface area contributed by atoms with Gasteiger partial charge in [-0.2, -0.15) is 0 Å². The van der Waals surface area contributed by atoms with Crippen LogP contribution in [-0.2, 0) is 20.7 Å². The van der Waals surface area contributed by atoms with Crippen molar-refractivity contribution in [2.75, 3.05) is 13.7 Å². The summed E-state index contributed by atoms with van der Waals surface area (Å²) in [6.45, 7) is 3.03. The molecular formula is C21H22N2O3. The van der Waals surface area contributed by atoms with Gasteiger partial charge in [0, 0.05) is 35.3 Å². The third kappa shape index (κ3) is 2.13. The summed E-state index contributed by atoms with van der Waals surface area (Å²) < 4.78 is 10.7. The van der Waals surface area contributed by atoms with Crippen molar-refractivity contribution >= 4 is 16.9 Å². The van der Waals surface area contributed by atoms with Crippen LogP contribution in [0.2, 0.25) is 0 Å². The summed E-state index contributed by atoms with van der Waals surface area (Å²) >= 11 is 0. The number of ether oxygens (including phenoxy) is 2. The van der Waals surface area contributed by atoms with Crippen LogP contribution in [0.4, 0.5) is 0 Å². The van der Waals surface area contributed by atoms with Gasteiger partial charge in [0.25, 0.3) is 0 Å². The SMILES string of the molecule is COC(=O)C1=COC(C)C2=CN3CCc4c([nH]c5ccccc45)C3C[C@H]12. The number of aromatic nitrogens is 1. The molecule has 1 N–H and O–H groups in total. The number of benzene rings is 1. The van der Waals surface area contributed by atoms with Crippen LogP contribution in [0.5, 0.6) is 0 Å². The molecule has 2 aromatic rings. The number of aromatic amines is 1. The maximum absolute atomic E-state index is 12.3. The van der Waals surface area contributed by atoms with Crippen LogP contribution in [0.3, 0.4) is 0 Å². The number of rotatable bonds is 1. The highest BCUT2D eigenvalue weighted by Crippen LogP contribution is 2.46. The Labute approximate surface area is 152 Å². The fourth-order valence-electron chi connectivity index (χ4n) is 4.72. The number of esters is 1. The molecule has 0 fully saturated rings. The summed E-state index contributed by atoms with van der Waals surface area (Å²) in [4.78, 5) is 18.3. The zero-order chi connectivity index (χ0) is 17.8. The molecule has 5 heteroatoms. The fraction of sp³-hybridized carbons (Fsp3) is 0.381. The zero-order valence-corrected chi connectivity index (χ0v) is 15.0. The van der Waals surface area contributed by atoms with Gasteiger partial charge < -0.3 is 19.4 Å². The Morgan fingerprint density at radius 3 is 3.04 bits per heavy atom. The van der Waals surface area contributed by atoms with E-state index in [1.54, 1.807) is 6.26 Å². The van der Waals surface area contributed by atoms with Crippen LogP contribution in [0.25, 0.3) is 10.9 Å². The Hall–Kier alpha value is -2.69. The minimum atomic E-state index is -0.297. The Balaban J connectivity index is 1.60. The van der Waals surface area contributed by atoms with Gasteiger partial charge in [-0.3, -0.25) is 0 Å². The average molecular weight is 350 g/mol. The second-order valence-corrected chi connectivity index (χ2v) is 7.33. The second-order valence-electron chi connectivity index (χ2n) is 7.33. The van der Waals surface area contributed by atoms with E-state index in [2.05, 4.69) is 40.3 Å². The predicted molar refractivity (Wildman–Crippen MR) is 98.3 cm³/mol. The largest absolute Gasteiger partial charge is 0.493 e. The average Bonchev–Trinajstić information content (AvgIpc) is 3.06. The van der Waals surface area contributed by atoms with Gasteiger partial charge in [-0.25, -0.2) is 4.79 Å². The Morgan fingerprint density at radius 1 is 1.35 bits per heavy atom. The van der Waals surface area contributed by atoms with Gasteiger partial charge in [0.05, 0.1) is 25.0 Å². The molecule has 0 amide bonds. The van der Waals surface area contributed by atoms with E-state index in [-0.39, 0.29) is 24.0 Å². The minimum absolute atomic E-state index is 0.0153. The molecule has 1 aromatic carbocycles. The molecule has 3 aliphatic heterocycles. The van der Waals surface area contributed by atoms with E-state index >= 15 is 0 Å². The molecule has 2 unspecified atom stereocenters. The van der Waals surface area contributed by atoms with Crippen LogP contribution >= 0.6 is 0 Å². The number of nitrogens with zero attached hydrogens (tertiary/aromatic N) is 1. The first kappa shape index (κ1) is 15.6. The summed E-state index contributed by atoms with van der Waals surface area (Å²) in [6, 6.07) is 8.75. The number of methoxy groups -OCH3 is 1. The van der Waals surface area contributed by atoms with Crippen LogP contribution in [0.15, 0.2) is 47.9 Å². The number of carbonyl (C=O) groups is 1. The molecular weight excluding hydrogens is 328 g/mol. The first-order chi connectivity index (χ1) is 12.7. The van der Waals surface area contributed by atoms with Gasteiger partial charge in [0.15, 0.2) is 0 Å². The number of hydrogen-bond donors (Lipinski definition) is 1. The Kier molecular flexibility index (Phi) is 3.39. The molecule has 0 radical (unpaired) electrons. The first-order valence-electron chi connectivity index (χ1n) is 9.18. The Morgan fingerprint density at radius 2 is 2.19 bits per heavy atom. The maximum Gasteiger partial charge on any atom is 0.337 e. The Bertz CT molecular complexity index is 955. The van der Waals surface area contributed by atoms with Gasteiger partial charge in [-0.1, -0.05) is 18.2 Å². The monoisotopic (exact) mass is 350 g/mol. The summed E-state index contributed by atoms with van der Waals surface area (Å²) in [5.74, 6) is -0.251. The molecule has 3 aliphatic rings. The lowest BCUT2D eigenvalue weighted by atomic mass is 9.77. The summed E-state index contributed by atoms with van der Waals surface area (Å²) in [6.07, 6.45) is 5.69. The molecule has 0 saturated heterocycles. The van der Waals surface area contributed by atoms with Crippen molar-refractivity contribution in [1.29, 1.82) is 0 Å². The molecule has 0 saturated carbocycles. The van der Waals surface area contributed by atoms with Crippen molar-refractivity contribution in [2.45, 2.75) is 31.9 Å². The van der Waals surface area contributed by atoms with Crippen molar-refractivity contribution in [3.8, 4) is 0 Å². The number of H-pyrrole nitrogens is 1. The first-order valence-corrected chi connectivity index (χ1v) is 9.18. The molecule has 134 valence electrons. The third-order valence-electron chi connectivity index (χ3n) is 6.04. The van der Waals surface area contributed by atoms with E-state index in [1.807, 2.05) is 6.92 Å². The summed E-state index contributed by atoms with van der Waals surface area (Å²) in [5.41, 5.74) is 5.69. The van der Waals surface area contributed by atoms with Crippen molar-refractivity contribution in [3.05, 3.63) is 59.1 Å². The van der Waals surface area contributed by atoms with E-state index in [1.165, 1.54) is 34.8 Å². The highest BCUT2D eigenvalue weighted by molar-refractivity contribution is 5.90. The van der Waals surface area contributed by atoms with Gasteiger partial charge in [0.1, 0.15) is 6.10 Å². The number of nitrogens with one attached hydrogen (secondary N) is 1. The lowest BCUT2D eigenvalue weighted by molar-refractivity contribution is -0.137. The third-order valence-corrected chi connectivity index (χ3v) is 6.04. The number of carbonyl (C=O) groups excluding carboxylic acids is 1. The standard InChI is InChI=1S/C21H22N2O3/c1-12-16-10-23-8-7-14-13-5-3-4-6-18(13)22-20(14)19(23)9-15(16)17(11-26-12)21(24)25-2/h3-6,10-12,15,19,22H,7-9H2,1-2H3/t12?,15-,19?/m0/s1. The van der Waals surface area contributed by atoms with Crippen molar-refractivity contribution in [3.63, 3.8) is 0 Å². The van der Waals surface area contributed by atoms with E-state index in [9.17, 15) is 4.79 Å². The number of fused-ring (bicyclic) bond motifs is 6. The summed E-state index contributed by atoms with van der Waals surface area (Å²) in [7, 11) is 1.43.